The van der Waals surface area contributed by atoms with Crippen LogP contribution in [0.1, 0.15) is 11.1 Å². The number of amides is 1. The average Bonchev–Trinajstić information content (AvgIpc) is 2.28. The van der Waals surface area contributed by atoms with E-state index in [2.05, 4.69) is 0 Å². The Morgan fingerprint density at radius 3 is 2.16 bits per heavy atom. The highest BCUT2D eigenvalue weighted by Crippen LogP contribution is 2.29. The lowest BCUT2D eigenvalue weighted by molar-refractivity contribution is -0.137. The fraction of sp³-hybridized carbons (Fsp3) is 0.250. The Balaban J connectivity index is 2.82. The largest absolute Gasteiger partial charge is 0.416 e. The summed E-state index contributed by atoms with van der Waals surface area (Å²) >= 11 is 0. The molecule has 4 nitrogen and oxygen atoms in total. The summed E-state index contributed by atoms with van der Waals surface area (Å²) in [5.74, 6) is -3.82. The number of nitrogens with zero attached hydrogens (tertiary/aromatic N) is 1. The number of ketones is 1. The lowest BCUT2D eigenvalue weighted by Gasteiger charge is -2.08. The molecule has 0 aromatic heterocycles. The third-order valence-electron chi connectivity index (χ3n) is 2.37. The molecule has 0 saturated carbocycles. The molecule has 0 fully saturated rings. The minimum atomic E-state index is -4.46. The van der Waals surface area contributed by atoms with Crippen molar-refractivity contribution >= 4 is 11.7 Å². The smallest absolute Gasteiger partial charge is 0.297 e. The van der Waals surface area contributed by atoms with Gasteiger partial charge in [-0.05, 0) is 17.7 Å². The number of Topliss-reactive ketones (excluding diaryl/α,β-unsaturated/α-hetero) is 1. The van der Waals surface area contributed by atoms with Crippen molar-refractivity contribution in [3.63, 3.8) is 0 Å². The van der Waals surface area contributed by atoms with E-state index in [-0.39, 0.29) is 12.0 Å². The molecule has 0 aliphatic rings. The molecule has 7 heteroatoms. The number of rotatable bonds is 4. The van der Waals surface area contributed by atoms with Crippen molar-refractivity contribution in [2.75, 3.05) is 0 Å². The van der Waals surface area contributed by atoms with E-state index in [1.54, 1.807) is 0 Å². The summed E-state index contributed by atoms with van der Waals surface area (Å²) in [7, 11) is 0. The first-order valence-electron chi connectivity index (χ1n) is 5.09. The summed E-state index contributed by atoms with van der Waals surface area (Å²) in [5, 5.41) is 8.54. The minimum Gasteiger partial charge on any atom is -0.297 e. The second-order valence-corrected chi connectivity index (χ2v) is 3.76. The lowest BCUT2D eigenvalue weighted by atomic mass is 9.98. The number of nitrogens with one attached hydrogen (secondary N) is 1. The molecule has 0 spiro atoms. The molecule has 0 aliphatic heterocycles. The van der Waals surface area contributed by atoms with Gasteiger partial charge in [-0.15, -0.1) is 0 Å². The monoisotopic (exact) mass is 269 g/mol. The zero-order valence-electron chi connectivity index (χ0n) is 9.49. The molecular formula is C12H8F3N2O2. The summed E-state index contributed by atoms with van der Waals surface area (Å²) < 4.78 is 36.9. The average molecular weight is 269 g/mol. The maximum Gasteiger partial charge on any atom is 0.416 e. The Morgan fingerprint density at radius 1 is 1.26 bits per heavy atom. The van der Waals surface area contributed by atoms with Crippen LogP contribution in [0.5, 0.6) is 0 Å². The van der Waals surface area contributed by atoms with Gasteiger partial charge in [0.1, 0.15) is 0 Å². The van der Waals surface area contributed by atoms with E-state index in [9.17, 15) is 22.8 Å². The van der Waals surface area contributed by atoms with Gasteiger partial charge in [-0.1, -0.05) is 12.1 Å². The maximum absolute atomic E-state index is 12.3. The Bertz CT molecular complexity index is 529. The molecule has 1 radical (unpaired) electrons. The zero-order chi connectivity index (χ0) is 14.6. The molecule has 0 bridgehead atoms. The molecule has 1 unspecified atom stereocenters. The Morgan fingerprint density at radius 2 is 1.79 bits per heavy atom. The van der Waals surface area contributed by atoms with Crippen LogP contribution in [0.4, 0.5) is 13.2 Å². The van der Waals surface area contributed by atoms with Crippen molar-refractivity contribution < 1.29 is 22.8 Å². The summed E-state index contributed by atoms with van der Waals surface area (Å²) in [5.41, 5.74) is 6.12. The molecule has 1 aromatic rings. The predicted molar refractivity (Wildman–Crippen MR) is 57.4 cm³/mol. The van der Waals surface area contributed by atoms with E-state index >= 15 is 0 Å². The highest BCUT2D eigenvalue weighted by Gasteiger charge is 2.30. The van der Waals surface area contributed by atoms with E-state index in [4.69, 9.17) is 11.0 Å². The number of alkyl halides is 3. The van der Waals surface area contributed by atoms with Gasteiger partial charge >= 0.3 is 6.18 Å². The number of carbonyl (C=O) groups is 2. The Labute approximate surface area is 106 Å². The standard InChI is InChI=1S/C12H8F3N2O2/c13-12(14,15)8-3-1-7(2-4-8)5-10(18)9(6-16)11(17)19/h1-4,9,17H,5H2. The molecule has 1 aromatic carbocycles. The van der Waals surface area contributed by atoms with Gasteiger partial charge < -0.3 is 0 Å². The van der Waals surface area contributed by atoms with E-state index in [0.29, 0.717) is 0 Å². The van der Waals surface area contributed by atoms with Crippen LogP contribution in [0.2, 0.25) is 0 Å². The van der Waals surface area contributed by atoms with Crippen molar-refractivity contribution in [3.05, 3.63) is 35.4 Å². The van der Waals surface area contributed by atoms with Crippen molar-refractivity contribution in [2.45, 2.75) is 12.6 Å². The van der Waals surface area contributed by atoms with Crippen molar-refractivity contribution in [1.82, 2.24) is 5.73 Å². The van der Waals surface area contributed by atoms with Crippen LogP contribution in [0.25, 0.3) is 0 Å². The quantitative estimate of drug-likeness (QED) is 0.781. The first-order chi connectivity index (χ1) is 8.75. The van der Waals surface area contributed by atoms with Crippen LogP contribution >= 0.6 is 0 Å². The lowest BCUT2D eigenvalue weighted by Crippen LogP contribution is -2.24. The molecule has 1 N–H and O–H groups in total. The third-order valence-corrected chi connectivity index (χ3v) is 2.37. The topological polar surface area (TPSA) is 81.7 Å². The summed E-state index contributed by atoms with van der Waals surface area (Å²) in [4.78, 5) is 22.1. The van der Waals surface area contributed by atoms with E-state index in [0.717, 1.165) is 24.3 Å². The molecule has 99 valence electrons. The molecule has 1 atom stereocenters. The van der Waals surface area contributed by atoms with Crippen LogP contribution < -0.4 is 5.73 Å². The van der Waals surface area contributed by atoms with Gasteiger partial charge in [0, 0.05) is 6.42 Å². The molecule has 19 heavy (non-hydrogen) atoms. The SMILES string of the molecule is N#CC(C([NH])=O)C(=O)Cc1ccc(C(F)(F)F)cc1. The number of hydrogen-bond donors (Lipinski definition) is 0. The second kappa shape index (κ2) is 5.52. The fourth-order valence-corrected chi connectivity index (χ4v) is 1.39. The van der Waals surface area contributed by atoms with Crippen LogP contribution in [-0.2, 0) is 22.2 Å². The minimum absolute atomic E-state index is 0.250. The summed E-state index contributed by atoms with van der Waals surface area (Å²) in [6, 6.07) is 5.22. The first kappa shape index (κ1) is 14.7. The zero-order valence-corrected chi connectivity index (χ0v) is 9.49. The molecule has 0 aliphatic carbocycles. The van der Waals surface area contributed by atoms with Crippen molar-refractivity contribution in [3.8, 4) is 6.07 Å². The van der Waals surface area contributed by atoms with Gasteiger partial charge in [0.05, 0.1) is 11.6 Å². The van der Waals surface area contributed by atoms with Crippen molar-refractivity contribution in [1.29, 1.82) is 5.26 Å². The van der Waals surface area contributed by atoms with Gasteiger partial charge in [0.15, 0.2) is 11.7 Å². The normalized spacial score (nSPS) is 12.5. The van der Waals surface area contributed by atoms with Gasteiger partial charge in [0.2, 0.25) is 0 Å². The number of halogens is 3. The van der Waals surface area contributed by atoms with E-state index in [1.807, 2.05) is 0 Å². The number of carbonyl (C=O) groups excluding carboxylic acids is 2. The number of benzene rings is 1. The fourth-order valence-electron chi connectivity index (χ4n) is 1.39. The predicted octanol–water partition coefficient (Wildman–Crippen LogP) is 1.77. The third kappa shape index (κ3) is 3.81. The van der Waals surface area contributed by atoms with Crippen LogP contribution in [-0.4, -0.2) is 11.7 Å². The highest BCUT2D eigenvalue weighted by atomic mass is 19.4. The number of nitriles is 1. The van der Waals surface area contributed by atoms with Crippen molar-refractivity contribution in [2.24, 2.45) is 5.92 Å². The summed E-state index contributed by atoms with van der Waals surface area (Å²) in [6.07, 6.45) is -4.82. The van der Waals surface area contributed by atoms with Gasteiger partial charge in [-0.2, -0.15) is 18.4 Å². The van der Waals surface area contributed by atoms with E-state index in [1.165, 1.54) is 6.07 Å². The second-order valence-electron chi connectivity index (χ2n) is 3.76. The van der Waals surface area contributed by atoms with E-state index < -0.39 is 29.3 Å². The summed E-state index contributed by atoms with van der Waals surface area (Å²) in [6.45, 7) is 0. The Kier molecular flexibility index (Phi) is 4.27. The van der Waals surface area contributed by atoms with Gasteiger partial charge in [-0.25, -0.2) is 0 Å². The highest BCUT2D eigenvalue weighted by molar-refractivity contribution is 6.03. The van der Waals surface area contributed by atoms with Crippen LogP contribution in [0.3, 0.4) is 0 Å². The maximum atomic E-state index is 12.3. The molecular weight excluding hydrogens is 261 g/mol. The van der Waals surface area contributed by atoms with Gasteiger partial charge in [0.25, 0.3) is 5.91 Å². The molecule has 0 heterocycles. The molecule has 1 rings (SSSR count). The molecule has 0 saturated heterocycles. The van der Waals surface area contributed by atoms with Crippen LogP contribution in [0.15, 0.2) is 24.3 Å². The number of hydrogen-bond acceptors (Lipinski definition) is 3. The Hall–Kier alpha value is -2.36. The van der Waals surface area contributed by atoms with Crippen LogP contribution in [0, 0.1) is 17.2 Å². The van der Waals surface area contributed by atoms with Gasteiger partial charge in [-0.3, -0.25) is 15.3 Å². The molecule has 1 amide bonds. The first-order valence-corrected chi connectivity index (χ1v) is 5.09.